The first-order valence-electron chi connectivity index (χ1n) is 5.89. The molecule has 1 aromatic heterocycles. The van der Waals surface area contributed by atoms with Gasteiger partial charge in [0.1, 0.15) is 5.82 Å². The van der Waals surface area contributed by atoms with Gasteiger partial charge in [0.15, 0.2) is 0 Å². The first kappa shape index (κ1) is 11.8. The number of aryl methyl sites for hydroxylation is 3. The van der Waals surface area contributed by atoms with E-state index in [1.165, 1.54) is 28.8 Å². The Balaban J connectivity index is 1.88. The van der Waals surface area contributed by atoms with Gasteiger partial charge in [0.25, 0.3) is 0 Å². The van der Waals surface area contributed by atoms with Gasteiger partial charge < -0.3 is 0 Å². The molecule has 2 aromatic rings. The van der Waals surface area contributed by atoms with Crippen LogP contribution in [0.2, 0.25) is 0 Å². The van der Waals surface area contributed by atoms with E-state index >= 15 is 0 Å². The monoisotopic (exact) mass is 229 g/mol. The molecule has 0 unspecified atom stereocenters. The second-order valence-corrected chi connectivity index (χ2v) is 4.28. The molecule has 0 N–H and O–H groups in total. The van der Waals surface area contributed by atoms with E-state index in [1.54, 1.807) is 0 Å². The summed E-state index contributed by atoms with van der Waals surface area (Å²) in [4.78, 5) is 4.08. The molecule has 2 rings (SSSR count). The van der Waals surface area contributed by atoms with E-state index in [1.807, 2.05) is 24.5 Å². The predicted molar refractivity (Wildman–Crippen MR) is 67.4 cm³/mol. The molecule has 0 fully saturated rings. The van der Waals surface area contributed by atoms with Gasteiger partial charge in [-0.05, 0) is 61.1 Å². The molecule has 0 spiro atoms. The molecule has 0 saturated carbocycles. The topological polar surface area (TPSA) is 12.9 Å². The highest BCUT2D eigenvalue weighted by molar-refractivity contribution is 5.22. The van der Waals surface area contributed by atoms with Gasteiger partial charge in [-0.25, -0.2) is 4.39 Å². The maximum atomic E-state index is 12.7. The Morgan fingerprint density at radius 2 is 1.82 bits per heavy atom. The molecule has 1 nitrogen and oxygen atoms in total. The molecule has 0 saturated heterocycles. The van der Waals surface area contributed by atoms with Crippen LogP contribution in [0.4, 0.5) is 4.39 Å². The van der Waals surface area contributed by atoms with E-state index in [0.717, 1.165) is 19.3 Å². The van der Waals surface area contributed by atoms with Crippen LogP contribution in [-0.2, 0) is 12.8 Å². The van der Waals surface area contributed by atoms with Crippen molar-refractivity contribution in [3.05, 3.63) is 65.2 Å². The molecular formula is C15H16FN. The summed E-state index contributed by atoms with van der Waals surface area (Å²) in [6.45, 7) is 2.08. The third-order valence-corrected chi connectivity index (χ3v) is 2.96. The lowest BCUT2D eigenvalue weighted by Gasteiger charge is -2.05. The Morgan fingerprint density at radius 3 is 2.53 bits per heavy atom. The van der Waals surface area contributed by atoms with E-state index in [2.05, 4.69) is 18.0 Å². The van der Waals surface area contributed by atoms with Crippen molar-refractivity contribution in [2.24, 2.45) is 0 Å². The normalized spacial score (nSPS) is 10.5. The third-order valence-electron chi connectivity index (χ3n) is 2.96. The van der Waals surface area contributed by atoms with Gasteiger partial charge in [0.2, 0.25) is 0 Å². The van der Waals surface area contributed by atoms with E-state index in [-0.39, 0.29) is 5.82 Å². The zero-order chi connectivity index (χ0) is 12.1. The fraction of sp³-hybridized carbons (Fsp3) is 0.267. The van der Waals surface area contributed by atoms with Crippen LogP contribution in [-0.4, -0.2) is 4.98 Å². The number of nitrogens with zero attached hydrogens (tertiary/aromatic N) is 1. The lowest BCUT2D eigenvalue weighted by atomic mass is 10.0. The van der Waals surface area contributed by atoms with Crippen molar-refractivity contribution in [1.82, 2.24) is 4.98 Å². The first-order valence-corrected chi connectivity index (χ1v) is 5.89. The first-order chi connectivity index (χ1) is 8.25. The number of halogens is 1. The smallest absolute Gasteiger partial charge is 0.123 e. The summed E-state index contributed by atoms with van der Waals surface area (Å²) < 4.78 is 12.7. The summed E-state index contributed by atoms with van der Waals surface area (Å²) in [6, 6.07) is 8.82. The zero-order valence-corrected chi connectivity index (χ0v) is 9.99. The summed E-state index contributed by atoms with van der Waals surface area (Å²) >= 11 is 0. The van der Waals surface area contributed by atoms with Crippen LogP contribution in [0, 0.1) is 12.7 Å². The second kappa shape index (κ2) is 5.58. The van der Waals surface area contributed by atoms with Crippen molar-refractivity contribution < 1.29 is 4.39 Å². The van der Waals surface area contributed by atoms with Crippen LogP contribution < -0.4 is 0 Å². The van der Waals surface area contributed by atoms with Gasteiger partial charge in [-0.2, -0.15) is 0 Å². The molecule has 0 atom stereocenters. The molecule has 0 radical (unpaired) electrons. The average molecular weight is 229 g/mol. The zero-order valence-electron chi connectivity index (χ0n) is 9.99. The van der Waals surface area contributed by atoms with Crippen molar-refractivity contribution in [1.29, 1.82) is 0 Å². The van der Waals surface area contributed by atoms with Crippen molar-refractivity contribution in [3.63, 3.8) is 0 Å². The Morgan fingerprint density at radius 1 is 1.06 bits per heavy atom. The molecule has 0 aliphatic heterocycles. The highest BCUT2D eigenvalue weighted by Crippen LogP contribution is 2.11. The Labute approximate surface area is 101 Å². The van der Waals surface area contributed by atoms with Crippen LogP contribution >= 0.6 is 0 Å². The Bertz CT molecular complexity index is 477. The second-order valence-electron chi connectivity index (χ2n) is 4.28. The number of aromatic nitrogens is 1. The summed E-state index contributed by atoms with van der Waals surface area (Å²) in [7, 11) is 0. The summed E-state index contributed by atoms with van der Waals surface area (Å²) in [5.74, 6) is -0.168. The highest BCUT2D eigenvalue weighted by Gasteiger charge is 1.99. The van der Waals surface area contributed by atoms with Crippen LogP contribution in [0.1, 0.15) is 23.1 Å². The van der Waals surface area contributed by atoms with Crippen molar-refractivity contribution in [3.8, 4) is 0 Å². The van der Waals surface area contributed by atoms with Crippen LogP contribution in [0.15, 0.2) is 42.7 Å². The maximum absolute atomic E-state index is 12.7. The van der Waals surface area contributed by atoms with Gasteiger partial charge >= 0.3 is 0 Å². The number of hydrogen-bond donors (Lipinski definition) is 0. The standard InChI is InChI=1S/C15H16FN/c1-12-11-17-10-9-14(12)4-2-3-13-5-7-15(16)8-6-13/h5-11H,2-4H2,1H3. The minimum atomic E-state index is -0.168. The van der Waals surface area contributed by atoms with Crippen molar-refractivity contribution in [2.45, 2.75) is 26.2 Å². The number of rotatable bonds is 4. The van der Waals surface area contributed by atoms with Crippen LogP contribution in [0.5, 0.6) is 0 Å². The van der Waals surface area contributed by atoms with Gasteiger partial charge in [-0.3, -0.25) is 4.98 Å². The Kier molecular flexibility index (Phi) is 3.86. The summed E-state index contributed by atoms with van der Waals surface area (Å²) in [5, 5.41) is 0. The predicted octanol–water partition coefficient (Wildman–Crippen LogP) is 3.70. The molecule has 1 aromatic carbocycles. The molecule has 0 bridgehead atoms. The van der Waals surface area contributed by atoms with Crippen molar-refractivity contribution >= 4 is 0 Å². The fourth-order valence-corrected chi connectivity index (χ4v) is 1.92. The molecule has 1 heterocycles. The number of benzene rings is 1. The Hall–Kier alpha value is -1.70. The maximum Gasteiger partial charge on any atom is 0.123 e. The van der Waals surface area contributed by atoms with E-state index in [4.69, 9.17) is 0 Å². The minimum Gasteiger partial charge on any atom is -0.264 e. The largest absolute Gasteiger partial charge is 0.264 e. The summed E-state index contributed by atoms with van der Waals surface area (Å²) in [5.41, 5.74) is 3.78. The minimum absolute atomic E-state index is 0.168. The quantitative estimate of drug-likeness (QED) is 0.779. The van der Waals surface area contributed by atoms with Crippen molar-refractivity contribution in [2.75, 3.05) is 0 Å². The molecule has 0 aliphatic carbocycles. The van der Waals surface area contributed by atoms with Crippen LogP contribution in [0.3, 0.4) is 0 Å². The number of pyridine rings is 1. The molecule has 88 valence electrons. The summed E-state index contributed by atoms with van der Waals surface area (Å²) in [6.07, 6.45) is 6.84. The van der Waals surface area contributed by atoms with E-state index in [0.29, 0.717) is 0 Å². The lowest BCUT2D eigenvalue weighted by molar-refractivity contribution is 0.626. The van der Waals surface area contributed by atoms with E-state index in [9.17, 15) is 4.39 Å². The van der Waals surface area contributed by atoms with Gasteiger partial charge in [-0.15, -0.1) is 0 Å². The van der Waals surface area contributed by atoms with E-state index < -0.39 is 0 Å². The number of hydrogen-bond acceptors (Lipinski definition) is 1. The lowest BCUT2D eigenvalue weighted by Crippen LogP contribution is -1.93. The van der Waals surface area contributed by atoms with Crippen LogP contribution in [0.25, 0.3) is 0 Å². The molecule has 0 aliphatic rings. The van der Waals surface area contributed by atoms with Gasteiger partial charge in [0, 0.05) is 12.4 Å². The average Bonchev–Trinajstić information content (AvgIpc) is 2.34. The molecule has 0 amide bonds. The molecular weight excluding hydrogens is 213 g/mol. The van der Waals surface area contributed by atoms with Gasteiger partial charge in [0.05, 0.1) is 0 Å². The molecule has 17 heavy (non-hydrogen) atoms. The fourth-order valence-electron chi connectivity index (χ4n) is 1.92. The SMILES string of the molecule is Cc1cnccc1CCCc1ccc(F)cc1. The van der Waals surface area contributed by atoms with Gasteiger partial charge in [-0.1, -0.05) is 12.1 Å². The third kappa shape index (κ3) is 3.38. The molecule has 2 heteroatoms. The highest BCUT2D eigenvalue weighted by atomic mass is 19.1.